The van der Waals surface area contributed by atoms with Crippen LogP contribution in [0.25, 0.3) is 0 Å². The van der Waals surface area contributed by atoms with Gasteiger partial charge in [-0.3, -0.25) is 15.3 Å². The molecule has 0 aromatic carbocycles. The van der Waals surface area contributed by atoms with E-state index in [1.807, 2.05) is 25.7 Å². The molecule has 1 aliphatic rings. The number of ether oxygens (including phenoxy) is 1. The monoisotopic (exact) mass is 616 g/mol. The Morgan fingerprint density at radius 1 is 0.846 bits per heavy atom. The molecule has 0 bridgehead atoms. The highest BCUT2D eigenvalue weighted by Crippen LogP contribution is 2.14. The molecule has 0 spiro atoms. The molecule has 21 heteroatoms. The predicted octanol–water partition coefficient (Wildman–Crippen LogP) is -0.0895. The minimum Gasteiger partial charge on any atom is -0.475 e. The summed E-state index contributed by atoms with van der Waals surface area (Å²) in [5.41, 5.74) is 4.48. The largest absolute Gasteiger partial charge is 0.475 e. The van der Waals surface area contributed by atoms with E-state index in [9.17, 15) is 19.2 Å². The number of hydrogen-bond donors (Lipinski definition) is 7. The molecule has 0 radical (unpaired) electrons. The van der Waals surface area contributed by atoms with Crippen molar-refractivity contribution < 1.29 is 39.2 Å². The number of hydrogen-bond acceptors (Lipinski definition) is 13. The van der Waals surface area contributed by atoms with Crippen molar-refractivity contribution in [2.45, 2.75) is 26.4 Å². The maximum Gasteiger partial charge on any atom is 0.410 e. The van der Waals surface area contributed by atoms with Crippen LogP contribution in [0.5, 0.6) is 0 Å². The summed E-state index contributed by atoms with van der Waals surface area (Å²) < 4.78 is 5.63. The SMILES string of the molecule is CC(C)(C)OC(=O)N1CCN(c2n[nH]c(C(=O)O)n2)CC1.Nc1n[nH]c(C(=O)O)n1.O=C(O)c1n[nH]c(Br)n1. The maximum absolute atomic E-state index is 11.9. The third-order valence-corrected chi connectivity index (χ3v) is 4.60. The first-order valence-electron chi connectivity index (χ1n) is 10.8. The van der Waals surface area contributed by atoms with E-state index in [-0.39, 0.29) is 29.5 Å². The zero-order valence-corrected chi connectivity index (χ0v) is 22.3. The average molecular weight is 617 g/mol. The number of aromatic carboxylic acids is 3. The van der Waals surface area contributed by atoms with Gasteiger partial charge in [0.15, 0.2) is 4.73 Å². The molecule has 20 nitrogen and oxygen atoms in total. The van der Waals surface area contributed by atoms with Gasteiger partial charge in [-0.1, -0.05) is 0 Å². The van der Waals surface area contributed by atoms with Gasteiger partial charge in [0.1, 0.15) is 5.60 Å². The van der Waals surface area contributed by atoms with Crippen LogP contribution in [-0.2, 0) is 4.74 Å². The molecule has 0 atom stereocenters. The predicted molar refractivity (Wildman–Crippen MR) is 132 cm³/mol. The Morgan fingerprint density at radius 2 is 1.41 bits per heavy atom. The number of carboxylic acid groups (broad SMARTS) is 3. The molecule has 0 saturated carbocycles. The number of halogens is 1. The number of aromatic nitrogens is 9. The van der Waals surface area contributed by atoms with Crippen molar-refractivity contribution in [3.05, 3.63) is 22.2 Å². The molecule has 0 unspecified atom stereocenters. The molecule has 3 aromatic heterocycles. The Kier molecular flexibility index (Phi) is 10.2. The third kappa shape index (κ3) is 9.87. The van der Waals surface area contributed by atoms with Gasteiger partial charge < -0.3 is 35.6 Å². The van der Waals surface area contributed by atoms with Crippen molar-refractivity contribution in [1.82, 2.24) is 50.4 Å². The number of nitrogens with zero attached hydrogens (tertiary/aromatic N) is 8. The summed E-state index contributed by atoms with van der Waals surface area (Å²) in [6.07, 6.45) is -0.344. The topological polar surface area (TPSA) is 295 Å². The number of nitrogens with two attached hydrogens (primary N) is 1. The molecule has 1 fully saturated rings. The second-order valence-electron chi connectivity index (χ2n) is 8.35. The summed E-state index contributed by atoms with van der Waals surface area (Å²) in [6, 6.07) is 0. The Labute approximate surface area is 227 Å². The van der Waals surface area contributed by atoms with Crippen molar-refractivity contribution in [2.75, 3.05) is 36.8 Å². The molecule has 1 aliphatic heterocycles. The van der Waals surface area contributed by atoms with Crippen molar-refractivity contribution >= 4 is 51.8 Å². The molecule has 1 saturated heterocycles. The zero-order chi connectivity index (χ0) is 29.3. The van der Waals surface area contributed by atoms with Crippen LogP contribution in [0.2, 0.25) is 0 Å². The number of nitrogen functional groups attached to an aromatic ring is 1. The Morgan fingerprint density at radius 3 is 1.77 bits per heavy atom. The van der Waals surface area contributed by atoms with E-state index in [1.54, 1.807) is 4.90 Å². The fourth-order valence-electron chi connectivity index (χ4n) is 2.61. The van der Waals surface area contributed by atoms with Crippen LogP contribution in [0, 0.1) is 0 Å². The van der Waals surface area contributed by atoms with Gasteiger partial charge >= 0.3 is 24.0 Å². The first kappa shape index (κ1) is 30.4. The van der Waals surface area contributed by atoms with E-state index >= 15 is 0 Å². The van der Waals surface area contributed by atoms with Gasteiger partial charge in [-0.05, 0) is 36.7 Å². The van der Waals surface area contributed by atoms with E-state index < -0.39 is 23.5 Å². The van der Waals surface area contributed by atoms with E-state index in [2.05, 4.69) is 61.5 Å². The highest BCUT2D eigenvalue weighted by molar-refractivity contribution is 9.10. The van der Waals surface area contributed by atoms with Crippen LogP contribution < -0.4 is 10.6 Å². The number of amides is 1. The van der Waals surface area contributed by atoms with Gasteiger partial charge in [0.25, 0.3) is 5.82 Å². The summed E-state index contributed by atoms with van der Waals surface area (Å²) in [4.78, 5) is 56.9. The summed E-state index contributed by atoms with van der Waals surface area (Å²) in [6.45, 7) is 7.47. The summed E-state index contributed by atoms with van der Waals surface area (Å²) in [7, 11) is 0. The molecular formula is C18H25BrN12O8. The van der Waals surface area contributed by atoms with Crippen molar-refractivity contribution in [3.8, 4) is 0 Å². The number of anilines is 2. The number of carbonyl (C=O) groups excluding carboxylic acids is 1. The van der Waals surface area contributed by atoms with Crippen LogP contribution in [-0.4, -0.2) is 122 Å². The molecule has 212 valence electrons. The lowest BCUT2D eigenvalue weighted by atomic mass is 10.2. The fourth-order valence-corrected chi connectivity index (χ4v) is 2.87. The molecule has 0 aliphatic carbocycles. The molecule has 8 N–H and O–H groups in total. The minimum atomic E-state index is -1.17. The van der Waals surface area contributed by atoms with Crippen LogP contribution in [0.4, 0.5) is 16.7 Å². The molecular weight excluding hydrogens is 592 g/mol. The van der Waals surface area contributed by atoms with Crippen molar-refractivity contribution in [2.24, 2.45) is 0 Å². The Hall–Kier alpha value is -4.82. The second kappa shape index (κ2) is 13.1. The zero-order valence-electron chi connectivity index (χ0n) is 20.7. The summed E-state index contributed by atoms with van der Waals surface area (Å²) in [5.74, 6) is -3.87. The molecule has 4 rings (SSSR count). The number of nitrogens with one attached hydrogen (secondary N) is 3. The van der Waals surface area contributed by atoms with Crippen LogP contribution in [0.3, 0.4) is 0 Å². The van der Waals surface area contributed by atoms with E-state index in [0.29, 0.717) is 36.9 Å². The molecule has 1 amide bonds. The molecule has 4 heterocycles. The smallest absolute Gasteiger partial charge is 0.410 e. The maximum atomic E-state index is 11.9. The number of rotatable bonds is 4. The fraction of sp³-hybridized carbons (Fsp3) is 0.444. The summed E-state index contributed by atoms with van der Waals surface area (Å²) in [5, 5.41) is 42.5. The van der Waals surface area contributed by atoms with E-state index in [1.165, 1.54) is 0 Å². The van der Waals surface area contributed by atoms with E-state index in [0.717, 1.165) is 0 Å². The highest BCUT2D eigenvalue weighted by Gasteiger charge is 2.27. The Bertz CT molecular complexity index is 1240. The average Bonchev–Trinajstić information content (AvgIpc) is 3.60. The van der Waals surface area contributed by atoms with Gasteiger partial charge in [0.05, 0.1) is 0 Å². The Balaban J connectivity index is 0.000000243. The second-order valence-corrected chi connectivity index (χ2v) is 9.10. The van der Waals surface area contributed by atoms with E-state index in [4.69, 9.17) is 25.8 Å². The quantitative estimate of drug-likeness (QED) is 0.201. The van der Waals surface area contributed by atoms with Gasteiger partial charge in [0, 0.05) is 26.2 Å². The lowest BCUT2D eigenvalue weighted by Gasteiger charge is -2.35. The van der Waals surface area contributed by atoms with Gasteiger partial charge in [-0.25, -0.2) is 19.2 Å². The van der Waals surface area contributed by atoms with Crippen LogP contribution in [0.1, 0.15) is 52.6 Å². The van der Waals surface area contributed by atoms with Crippen LogP contribution >= 0.6 is 15.9 Å². The van der Waals surface area contributed by atoms with Crippen molar-refractivity contribution in [3.63, 3.8) is 0 Å². The normalized spacial score (nSPS) is 12.9. The van der Waals surface area contributed by atoms with Gasteiger partial charge in [-0.2, -0.15) is 15.0 Å². The lowest BCUT2D eigenvalue weighted by Crippen LogP contribution is -2.50. The standard InChI is InChI=1S/C12H19N5O4.C3H2BrN3O2.C3H4N4O2/c1-12(2,3)21-11(20)17-6-4-16(5-7-17)10-13-8(9(18)19)14-15-10;2*4-3-5-1(2(8)9)6-7-3/h4-7H2,1-3H3,(H,18,19)(H,13,14,15);(H,8,9)(H,5,6,7);(H,8,9)(H3,4,5,6,7). The minimum absolute atomic E-state index is 0.0626. The third-order valence-electron chi connectivity index (χ3n) is 4.25. The molecule has 39 heavy (non-hydrogen) atoms. The van der Waals surface area contributed by atoms with Gasteiger partial charge in [0.2, 0.25) is 23.5 Å². The number of piperazine rings is 1. The number of H-pyrrole nitrogens is 3. The summed E-state index contributed by atoms with van der Waals surface area (Å²) >= 11 is 2.91. The van der Waals surface area contributed by atoms with Crippen LogP contribution in [0.15, 0.2) is 4.73 Å². The lowest BCUT2D eigenvalue weighted by molar-refractivity contribution is 0.0239. The molecule has 3 aromatic rings. The first-order chi connectivity index (χ1) is 18.2. The number of carbonyl (C=O) groups is 4. The highest BCUT2D eigenvalue weighted by atomic mass is 79.9. The van der Waals surface area contributed by atoms with Crippen molar-refractivity contribution in [1.29, 1.82) is 0 Å². The number of aromatic amines is 3. The number of carboxylic acids is 3. The van der Waals surface area contributed by atoms with Gasteiger partial charge in [-0.15, -0.1) is 15.3 Å². The first-order valence-corrected chi connectivity index (χ1v) is 11.6.